The van der Waals surface area contributed by atoms with Gasteiger partial charge in [-0.25, -0.2) is 9.59 Å². The van der Waals surface area contributed by atoms with Crippen molar-refractivity contribution in [2.75, 3.05) is 13.2 Å². The molecule has 1 aliphatic rings. The molecule has 1 N–H and O–H groups in total. The molecule has 0 aromatic carbocycles. The average molecular weight is 269 g/mol. The van der Waals surface area contributed by atoms with Crippen molar-refractivity contribution in [3.63, 3.8) is 0 Å². The SMILES string of the molecule is C=CCOC(=O)N1CC[C@@H](CC(C)C)C[C@H]1C(=O)O. The molecule has 1 amide bonds. The first kappa shape index (κ1) is 15.5. The minimum absolute atomic E-state index is 0.108. The number of rotatable bonds is 5. The molecule has 0 aromatic heterocycles. The van der Waals surface area contributed by atoms with E-state index in [1.165, 1.54) is 11.0 Å². The van der Waals surface area contributed by atoms with Crippen molar-refractivity contribution in [3.05, 3.63) is 12.7 Å². The Labute approximate surface area is 114 Å². The summed E-state index contributed by atoms with van der Waals surface area (Å²) in [6.45, 7) is 8.27. The number of likely N-dealkylation sites (tertiary alicyclic amines) is 1. The molecule has 1 heterocycles. The Hall–Kier alpha value is -1.52. The lowest BCUT2D eigenvalue weighted by atomic mass is 9.85. The van der Waals surface area contributed by atoms with Crippen LogP contribution in [0.1, 0.15) is 33.1 Å². The standard InChI is InChI=1S/C14H23NO4/c1-4-7-19-14(18)15-6-5-11(8-10(2)3)9-12(15)13(16)17/h4,10-12H,1,5-9H2,2-3H3,(H,16,17)/t11-,12-/m0/s1. The minimum atomic E-state index is -0.955. The van der Waals surface area contributed by atoms with Crippen molar-refractivity contribution in [2.24, 2.45) is 11.8 Å². The van der Waals surface area contributed by atoms with Gasteiger partial charge in [-0.2, -0.15) is 0 Å². The summed E-state index contributed by atoms with van der Waals surface area (Å²) in [5.41, 5.74) is 0. The molecule has 0 saturated carbocycles. The number of ether oxygens (including phenoxy) is 1. The second kappa shape index (κ2) is 7.16. The van der Waals surface area contributed by atoms with E-state index < -0.39 is 18.1 Å². The molecule has 108 valence electrons. The summed E-state index contributed by atoms with van der Waals surface area (Å²) in [5, 5.41) is 9.27. The summed E-state index contributed by atoms with van der Waals surface area (Å²) in [4.78, 5) is 24.4. The number of nitrogens with zero attached hydrogens (tertiary/aromatic N) is 1. The Morgan fingerprint density at radius 3 is 2.74 bits per heavy atom. The van der Waals surface area contributed by atoms with E-state index in [0.717, 1.165) is 12.8 Å². The van der Waals surface area contributed by atoms with Crippen LogP contribution in [0.5, 0.6) is 0 Å². The number of carboxylic acid groups (broad SMARTS) is 1. The Bertz CT molecular complexity index is 340. The number of carbonyl (C=O) groups is 2. The molecule has 5 nitrogen and oxygen atoms in total. The van der Waals surface area contributed by atoms with Crippen LogP contribution in [0.4, 0.5) is 4.79 Å². The smallest absolute Gasteiger partial charge is 0.410 e. The summed E-state index contributed by atoms with van der Waals surface area (Å²) in [5.74, 6) is -0.0488. The van der Waals surface area contributed by atoms with Gasteiger partial charge in [-0.15, -0.1) is 0 Å². The third kappa shape index (κ3) is 4.58. The van der Waals surface area contributed by atoms with Crippen LogP contribution < -0.4 is 0 Å². The van der Waals surface area contributed by atoms with Crippen molar-refractivity contribution in [3.8, 4) is 0 Å². The molecule has 0 unspecified atom stereocenters. The van der Waals surface area contributed by atoms with E-state index in [4.69, 9.17) is 4.74 Å². The third-order valence-electron chi connectivity index (χ3n) is 3.36. The molecular formula is C14H23NO4. The Morgan fingerprint density at radius 1 is 1.53 bits per heavy atom. The lowest BCUT2D eigenvalue weighted by molar-refractivity contribution is -0.144. The highest BCUT2D eigenvalue weighted by Gasteiger charge is 2.37. The van der Waals surface area contributed by atoms with E-state index in [9.17, 15) is 14.7 Å². The number of piperidine rings is 1. The van der Waals surface area contributed by atoms with Gasteiger partial charge in [0.2, 0.25) is 0 Å². The van der Waals surface area contributed by atoms with E-state index >= 15 is 0 Å². The monoisotopic (exact) mass is 269 g/mol. The molecule has 0 aliphatic carbocycles. The normalized spacial score (nSPS) is 23.2. The molecule has 0 aromatic rings. The lowest BCUT2D eigenvalue weighted by Gasteiger charge is -2.36. The van der Waals surface area contributed by atoms with Gasteiger partial charge in [0, 0.05) is 6.54 Å². The van der Waals surface area contributed by atoms with Crippen LogP contribution in [0.15, 0.2) is 12.7 Å². The molecule has 19 heavy (non-hydrogen) atoms. The largest absolute Gasteiger partial charge is 0.480 e. The van der Waals surface area contributed by atoms with Crippen LogP contribution in [0.3, 0.4) is 0 Å². The topological polar surface area (TPSA) is 66.8 Å². The summed E-state index contributed by atoms with van der Waals surface area (Å²) in [6.07, 6.45) is 3.26. The molecule has 5 heteroatoms. The number of hydrogen-bond donors (Lipinski definition) is 1. The van der Waals surface area contributed by atoms with Crippen molar-refractivity contribution < 1.29 is 19.4 Å². The molecular weight excluding hydrogens is 246 g/mol. The highest BCUT2D eigenvalue weighted by molar-refractivity contribution is 5.80. The quantitative estimate of drug-likeness (QED) is 0.779. The molecule has 1 aliphatic heterocycles. The zero-order valence-corrected chi connectivity index (χ0v) is 11.7. The molecule has 0 bridgehead atoms. The second-order valence-corrected chi connectivity index (χ2v) is 5.43. The number of aliphatic carboxylic acids is 1. The van der Waals surface area contributed by atoms with Gasteiger partial charge in [0.25, 0.3) is 0 Å². The molecule has 1 saturated heterocycles. The van der Waals surface area contributed by atoms with Gasteiger partial charge in [-0.3, -0.25) is 4.90 Å². The van der Waals surface area contributed by atoms with Crippen LogP contribution in [0.2, 0.25) is 0 Å². The van der Waals surface area contributed by atoms with E-state index in [0.29, 0.717) is 24.8 Å². The number of hydrogen-bond acceptors (Lipinski definition) is 3. The fourth-order valence-corrected chi connectivity index (χ4v) is 2.58. The van der Waals surface area contributed by atoms with E-state index in [1.807, 2.05) is 0 Å². The first-order valence-electron chi connectivity index (χ1n) is 6.72. The number of amides is 1. The maximum Gasteiger partial charge on any atom is 0.410 e. The molecule has 1 fully saturated rings. The van der Waals surface area contributed by atoms with Gasteiger partial charge >= 0.3 is 12.1 Å². The van der Waals surface area contributed by atoms with Crippen molar-refractivity contribution in [1.29, 1.82) is 0 Å². The van der Waals surface area contributed by atoms with Crippen LogP contribution in [0.25, 0.3) is 0 Å². The third-order valence-corrected chi connectivity index (χ3v) is 3.36. The minimum Gasteiger partial charge on any atom is -0.480 e. The molecule has 0 radical (unpaired) electrons. The van der Waals surface area contributed by atoms with Crippen LogP contribution in [0, 0.1) is 11.8 Å². The Morgan fingerprint density at radius 2 is 2.21 bits per heavy atom. The fourth-order valence-electron chi connectivity index (χ4n) is 2.58. The highest BCUT2D eigenvalue weighted by atomic mass is 16.6. The van der Waals surface area contributed by atoms with Gasteiger partial charge in [-0.05, 0) is 31.1 Å². The Balaban J connectivity index is 2.65. The predicted molar refractivity (Wildman–Crippen MR) is 71.9 cm³/mol. The lowest BCUT2D eigenvalue weighted by Crippen LogP contribution is -2.50. The Kier molecular flexibility index (Phi) is 5.86. The average Bonchev–Trinajstić information content (AvgIpc) is 2.35. The maximum atomic E-state index is 11.8. The van der Waals surface area contributed by atoms with Crippen LogP contribution in [-0.4, -0.2) is 41.3 Å². The predicted octanol–water partition coefficient (Wildman–Crippen LogP) is 2.52. The zero-order chi connectivity index (χ0) is 14.4. The maximum absolute atomic E-state index is 11.8. The summed E-state index contributed by atoms with van der Waals surface area (Å²) >= 11 is 0. The second-order valence-electron chi connectivity index (χ2n) is 5.43. The number of carboxylic acids is 1. The van der Waals surface area contributed by atoms with Gasteiger partial charge in [0.05, 0.1) is 0 Å². The first-order chi connectivity index (χ1) is 8.95. The van der Waals surface area contributed by atoms with E-state index in [2.05, 4.69) is 20.4 Å². The van der Waals surface area contributed by atoms with Gasteiger partial charge in [0.15, 0.2) is 0 Å². The van der Waals surface area contributed by atoms with Crippen molar-refractivity contribution >= 4 is 12.1 Å². The van der Waals surface area contributed by atoms with Crippen LogP contribution in [-0.2, 0) is 9.53 Å². The molecule has 1 rings (SSSR count). The highest BCUT2D eigenvalue weighted by Crippen LogP contribution is 2.28. The summed E-state index contributed by atoms with van der Waals surface area (Å²) < 4.78 is 4.93. The summed E-state index contributed by atoms with van der Waals surface area (Å²) in [7, 11) is 0. The van der Waals surface area contributed by atoms with Gasteiger partial charge < -0.3 is 9.84 Å². The first-order valence-corrected chi connectivity index (χ1v) is 6.72. The zero-order valence-electron chi connectivity index (χ0n) is 11.7. The van der Waals surface area contributed by atoms with Crippen molar-refractivity contribution in [2.45, 2.75) is 39.2 Å². The van der Waals surface area contributed by atoms with Crippen LogP contribution >= 0.6 is 0 Å². The van der Waals surface area contributed by atoms with E-state index in [1.54, 1.807) is 0 Å². The van der Waals surface area contributed by atoms with Gasteiger partial charge in [0.1, 0.15) is 12.6 Å². The molecule has 0 spiro atoms. The van der Waals surface area contributed by atoms with Crippen molar-refractivity contribution in [1.82, 2.24) is 4.90 Å². The van der Waals surface area contributed by atoms with Gasteiger partial charge in [-0.1, -0.05) is 26.5 Å². The van der Waals surface area contributed by atoms with E-state index in [-0.39, 0.29) is 6.61 Å². The molecule has 2 atom stereocenters. The summed E-state index contributed by atoms with van der Waals surface area (Å²) in [6, 6.07) is -0.769. The number of carbonyl (C=O) groups excluding carboxylic acids is 1. The fraction of sp³-hybridized carbons (Fsp3) is 0.714.